The van der Waals surface area contributed by atoms with Crippen molar-refractivity contribution >= 4 is 34.8 Å². The van der Waals surface area contributed by atoms with Gasteiger partial charge in [0, 0.05) is 18.8 Å². The van der Waals surface area contributed by atoms with E-state index in [2.05, 4.69) is 10.2 Å². The molecular weight excluding hydrogens is 389 g/mol. The van der Waals surface area contributed by atoms with Crippen LogP contribution < -0.4 is 15.1 Å². The van der Waals surface area contributed by atoms with Crippen molar-refractivity contribution in [1.82, 2.24) is 0 Å². The quantitative estimate of drug-likeness (QED) is 0.766. The topological polar surface area (TPSA) is 79.0 Å². The van der Waals surface area contributed by atoms with Gasteiger partial charge in [0.1, 0.15) is 11.9 Å². The second-order valence-corrected chi connectivity index (χ2v) is 7.26. The van der Waals surface area contributed by atoms with E-state index in [-0.39, 0.29) is 17.5 Å². The van der Waals surface area contributed by atoms with E-state index in [9.17, 15) is 18.8 Å². The van der Waals surface area contributed by atoms with Crippen molar-refractivity contribution in [2.24, 2.45) is 0 Å². The van der Waals surface area contributed by atoms with Crippen LogP contribution in [0.4, 0.5) is 21.5 Å². The summed E-state index contributed by atoms with van der Waals surface area (Å²) in [6, 6.07) is 10.4. The average Bonchev–Trinajstić information content (AvgIpc) is 3.24. The van der Waals surface area contributed by atoms with Crippen LogP contribution in [0, 0.1) is 5.82 Å². The lowest BCUT2D eigenvalue weighted by Gasteiger charge is -2.33. The number of anilines is 3. The standard InChI is InChI=1S/C22H22FN3O4/c1-2-25(16-8-6-15(23)7-9-16)20(27)13-30-22(29)14-5-10-18-17(12-14)24-21(28)19-4-3-11-26(18)19/h5-10,12,19H,2-4,11,13H2,1H3,(H,24,28)/t19-/m0/s1. The van der Waals surface area contributed by atoms with Crippen molar-refractivity contribution in [2.45, 2.75) is 25.8 Å². The fraction of sp³-hybridized carbons (Fsp3) is 0.318. The highest BCUT2D eigenvalue weighted by Gasteiger charge is 2.36. The Balaban J connectivity index is 1.43. The molecule has 156 valence electrons. The maximum atomic E-state index is 13.1. The summed E-state index contributed by atoms with van der Waals surface area (Å²) in [5, 5.41) is 2.85. The molecule has 8 heteroatoms. The third-order valence-electron chi connectivity index (χ3n) is 5.44. The number of likely N-dealkylation sites (N-methyl/N-ethyl adjacent to an activating group) is 1. The molecule has 2 aromatic rings. The number of halogens is 1. The van der Waals surface area contributed by atoms with Crippen LogP contribution in [0.25, 0.3) is 0 Å². The summed E-state index contributed by atoms with van der Waals surface area (Å²) in [7, 11) is 0. The number of carbonyl (C=O) groups excluding carboxylic acids is 3. The molecule has 0 aromatic heterocycles. The fourth-order valence-electron chi connectivity index (χ4n) is 3.97. The molecule has 7 nitrogen and oxygen atoms in total. The van der Waals surface area contributed by atoms with Crippen molar-refractivity contribution in [3.8, 4) is 0 Å². The van der Waals surface area contributed by atoms with Gasteiger partial charge >= 0.3 is 5.97 Å². The number of hydrogen-bond donors (Lipinski definition) is 1. The van der Waals surface area contributed by atoms with E-state index >= 15 is 0 Å². The maximum absolute atomic E-state index is 13.1. The number of esters is 1. The number of nitrogens with zero attached hydrogens (tertiary/aromatic N) is 2. The summed E-state index contributed by atoms with van der Waals surface area (Å²) in [5.41, 5.74) is 2.24. The molecule has 1 N–H and O–H groups in total. The SMILES string of the molecule is CCN(C(=O)COC(=O)c1ccc2c(c1)NC(=O)[C@@H]1CCCN21)c1ccc(F)cc1. The number of benzene rings is 2. The van der Waals surface area contributed by atoms with Gasteiger partial charge in [0.2, 0.25) is 5.91 Å². The first kappa shape index (κ1) is 19.9. The summed E-state index contributed by atoms with van der Waals surface area (Å²) in [5.74, 6) is -1.53. The highest BCUT2D eigenvalue weighted by atomic mass is 19.1. The Morgan fingerprint density at radius 3 is 2.73 bits per heavy atom. The molecule has 1 saturated heterocycles. The van der Waals surface area contributed by atoms with Gasteiger partial charge in [0.05, 0.1) is 16.9 Å². The first-order valence-corrected chi connectivity index (χ1v) is 9.92. The first-order valence-electron chi connectivity index (χ1n) is 9.92. The Hall–Kier alpha value is -3.42. The summed E-state index contributed by atoms with van der Waals surface area (Å²) in [6.45, 7) is 2.49. The van der Waals surface area contributed by atoms with Crippen LogP contribution in [0.3, 0.4) is 0 Å². The number of carbonyl (C=O) groups is 3. The molecule has 2 amide bonds. The van der Waals surface area contributed by atoms with Crippen LogP contribution in [0.15, 0.2) is 42.5 Å². The molecule has 0 unspecified atom stereocenters. The maximum Gasteiger partial charge on any atom is 0.338 e. The van der Waals surface area contributed by atoms with Crippen LogP contribution in [-0.2, 0) is 14.3 Å². The highest BCUT2D eigenvalue weighted by molar-refractivity contribution is 6.05. The molecule has 0 radical (unpaired) electrons. The Morgan fingerprint density at radius 1 is 1.23 bits per heavy atom. The van der Waals surface area contributed by atoms with Gasteiger partial charge in [-0.25, -0.2) is 9.18 Å². The molecule has 0 bridgehead atoms. The number of rotatable bonds is 5. The van der Waals surface area contributed by atoms with Crippen molar-refractivity contribution < 1.29 is 23.5 Å². The molecule has 2 aliphatic heterocycles. The highest BCUT2D eigenvalue weighted by Crippen LogP contribution is 2.37. The minimum absolute atomic E-state index is 0.0708. The van der Waals surface area contributed by atoms with E-state index in [1.54, 1.807) is 25.1 Å². The van der Waals surface area contributed by atoms with Crippen molar-refractivity contribution in [1.29, 1.82) is 0 Å². The second-order valence-electron chi connectivity index (χ2n) is 7.26. The average molecular weight is 411 g/mol. The summed E-state index contributed by atoms with van der Waals surface area (Å²) in [6.07, 6.45) is 1.77. The van der Waals surface area contributed by atoms with E-state index < -0.39 is 24.3 Å². The van der Waals surface area contributed by atoms with Crippen LogP contribution in [0.1, 0.15) is 30.1 Å². The molecule has 2 aromatic carbocycles. The zero-order valence-electron chi connectivity index (χ0n) is 16.6. The Morgan fingerprint density at radius 2 is 2.00 bits per heavy atom. The van der Waals surface area contributed by atoms with Gasteiger partial charge in [0.15, 0.2) is 6.61 Å². The lowest BCUT2D eigenvalue weighted by molar-refractivity contribution is -0.121. The van der Waals surface area contributed by atoms with Crippen LogP contribution in [0.2, 0.25) is 0 Å². The summed E-state index contributed by atoms with van der Waals surface area (Å²) in [4.78, 5) is 40.7. The van der Waals surface area contributed by atoms with Crippen molar-refractivity contribution in [3.63, 3.8) is 0 Å². The zero-order valence-corrected chi connectivity index (χ0v) is 16.6. The van der Waals surface area contributed by atoms with Gasteiger partial charge in [0.25, 0.3) is 5.91 Å². The predicted octanol–water partition coefficient (Wildman–Crippen LogP) is 2.96. The third-order valence-corrected chi connectivity index (χ3v) is 5.44. The summed E-state index contributed by atoms with van der Waals surface area (Å²) < 4.78 is 18.3. The first-order chi connectivity index (χ1) is 14.5. The molecule has 2 aliphatic rings. The van der Waals surface area contributed by atoms with Crippen LogP contribution in [0.5, 0.6) is 0 Å². The van der Waals surface area contributed by atoms with Crippen molar-refractivity contribution in [2.75, 3.05) is 34.8 Å². The van der Waals surface area contributed by atoms with Gasteiger partial charge in [-0.15, -0.1) is 0 Å². The number of amides is 2. The lowest BCUT2D eigenvalue weighted by atomic mass is 10.1. The van der Waals surface area contributed by atoms with Crippen LogP contribution >= 0.6 is 0 Å². The number of nitrogens with one attached hydrogen (secondary N) is 1. The Bertz CT molecular complexity index is 992. The molecule has 30 heavy (non-hydrogen) atoms. The van der Waals surface area contributed by atoms with E-state index in [1.165, 1.54) is 29.2 Å². The summed E-state index contributed by atoms with van der Waals surface area (Å²) >= 11 is 0. The fourth-order valence-corrected chi connectivity index (χ4v) is 3.97. The molecule has 1 fully saturated rings. The number of fused-ring (bicyclic) bond motifs is 3. The molecule has 0 saturated carbocycles. The largest absolute Gasteiger partial charge is 0.452 e. The third kappa shape index (κ3) is 3.72. The molecule has 2 heterocycles. The molecule has 0 aliphatic carbocycles. The smallest absolute Gasteiger partial charge is 0.338 e. The number of hydrogen-bond acceptors (Lipinski definition) is 5. The normalized spacial score (nSPS) is 17.1. The lowest BCUT2D eigenvalue weighted by Crippen LogP contribution is -2.43. The molecule has 4 rings (SSSR count). The predicted molar refractivity (Wildman–Crippen MR) is 110 cm³/mol. The molecule has 1 atom stereocenters. The van der Waals surface area contributed by atoms with E-state index in [0.717, 1.165) is 25.1 Å². The van der Waals surface area contributed by atoms with Crippen LogP contribution in [-0.4, -0.2) is 43.5 Å². The second kappa shape index (κ2) is 8.14. The van der Waals surface area contributed by atoms with Gasteiger partial charge in [-0.05, 0) is 62.2 Å². The monoisotopic (exact) mass is 411 g/mol. The number of ether oxygens (including phenoxy) is 1. The zero-order chi connectivity index (χ0) is 21.3. The minimum Gasteiger partial charge on any atom is -0.452 e. The van der Waals surface area contributed by atoms with E-state index in [1.807, 2.05) is 0 Å². The van der Waals surface area contributed by atoms with Crippen molar-refractivity contribution in [3.05, 3.63) is 53.8 Å². The van der Waals surface area contributed by atoms with Gasteiger partial charge < -0.3 is 19.9 Å². The van der Waals surface area contributed by atoms with Gasteiger partial charge in [-0.3, -0.25) is 9.59 Å². The van der Waals surface area contributed by atoms with Gasteiger partial charge in [-0.1, -0.05) is 0 Å². The van der Waals surface area contributed by atoms with Gasteiger partial charge in [-0.2, -0.15) is 0 Å². The molecular formula is C22H22FN3O4. The Kier molecular flexibility index (Phi) is 5.39. The van der Waals surface area contributed by atoms with E-state index in [4.69, 9.17) is 4.74 Å². The Labute approximate surface area is 173 Å². The molecule has 0 spiro atoms. The van der Waals surface area contributed by atoms with E-state index in [0.29, 0.717) is 17.9 Å². The minimum atomic E-state index is -0.654.